The normalized spacial score (nSPS) is 10.8. The second-order valence-corrected chi connectivity index (χ2v) is 9.08. The molecule has 2 N–H and O–H groups in total. The van der Waals surface area contributed by atoms with Gasteiger partial charge in [-0.3, -0.25) is 14.4 Å². The molecule has 0 saturated carbocycles. The van der Waals surface area contributed by atoms with E-state index in [1.54, 1.807) is 72.3 Å². The lowest BCUT2D eigenvalue weighted by molar-refractivity contribution is -0.118. The zero-order chi connectivity index (χ0) is 26.5. The maximum absolute atomic E-state index is 13.4. The first-order chi connectivity index (χ1) is 17.8. The molecular weight excluding hydrogens is 515 g/mol. The van der Waals surface area contributed by atoms with Crippen LogP contribution in [0.4, 0.5) is 0 Å². The number of rotatable bonds is 8. The average molecular weight is 539 g/mol. The number of aromatic nitrogens is 2. The number of fused-ring (bicyclic) bond motifs is 1. The molecule has 1 heterocycles. The summed E-state index contributed by atoms with van der Waals surface area (Å²) in [7, 11) is 1.56. The smallest absolute Gasteiger partial charge is 0.277 e. The molecule has 0 bridgehead atoms. The van der Waals surface area contributed by atoms with Gasteiger partial charge >= 0.3 is 0 Å². The number of benzene rings is 3. The van der Waals surface area contributed by atoms with Gasteiger partial charge in [-0.15, -0.1) is 0 Å². The molecule has 0 spiro atoms. The van der Waals surface area contributed by atoms with Gasteiger partial charge in [0.15, 0.2) is 0 Å². The minimum Gasteiger partial charge on any atom is -0.497 e. The van der Waals surface area contributed by atoms with Crippen LogP contribution in [0, 0.1) is 0 Å². The third kappa shape index (κ3) is 6.10. The highest BCUT2D eigenvalue weighted by Crippen LogP contribution is 2.23. The molecule has 0 unspecified atom stereocenters. The van der Waals surface area contributed by atoms with Gasteiger partial charge in [-0.05, 0) is 60.2 Å². The van der Waals surface area contributed by atoms with Crippen molar-refractivity contribution in [2.75, 3.05) is 13.7 Å². The first-order valence-electron chi connectivity index (χ1n) is 11.4. The largest absolute Gasteiger partial charge is 0.497 e. The van der Waals surface area contributed by atoms with Gasteiger partial charge in [-0.25, -0.2) is 4.98 Å². The van der Waals surface area contributed by atoms with Crippen LogP contribution in [-0.4, -0.2) is 35.0 Å². The third-order valence-corrected chi connectivity index (χ3v) is 6.46. The van der Waals surface area contributed by atoms with E-state index in [1.807, 2.05) is 0 Å². The maximum atomic E-state index is 13.4. The van der Waals surface area contributed by atoms with E-state index in [1.165, 1.54) is 6.92 Å². The highest BCUT2D eigenvalue weighted by molar-refractivity contribution is 6.42. The number of methoxy groups -OCH3 is 1. The fraction of sp³-hybridized carbons (Fsp3) is 0.185. The predicted octanol–water partition coefficient (Wildman–Crippen LogP) is 4.45. The zero-order valence-electron chi connectivity index (χ0n) is 20.2. The highest BCUT2D eigenvalue weighted by Gasteiger charge is 2.15. The minimum atomic E-state index is -0.309. The van der Waals surface area contributed by atoms with Crippen molar-refractivity contribution in [3.8, 4) is 17.0 Å². The van der Waals surface area contributed by atoms with Crippen molar-refractivity contribution in [2.45, 2.75) is 20.0 Å². The van der Waals surface area contributed by atoms with Gasteiger partial charge in [-0.2, -0.15) is 0 Å². The molecule has 0 aliphatic rings. The van der Waals surface area contributed by atoms with Gasteiger partial charge < -0.3 is 19.9 Å². The van der Waals surface area contributed by atoms with Crippen LogP contribution in [0.2, 0.25) is 10.0 Å². The maximum Gasteiger partial charge on any atom is 0.277 e. The first kappa shape index (κ1) is 26.2. The number of carbonyl (C=O) groups is 2. The number of hydrogen-bond acceptors (Lipinski definition) is 5. The molecule has 0 aliphatic carbocycles. The Morgan fingerprint density at radius 2 is 1.73 bits per heavy atom. The summed E-state index contributed by atoms with van der Waals surface area (Å²) >= 11 is 12.0. The van der Waals surface area contributed by atoms with Crippen molar-refractivity contribution in [1.29, 1.82) is 0 Å². The summed E-state index contributed by atoms with van der Waals surface area (Å²) in [6, 6.07) is 17.1. The minimum absolute atomic E-state index is 0.192. The molecule has 8 nitrogen and oxygen atoms in total. The van der Waals surface area contributed by atoms with Gasteiger partial charge in [0.05, 0.1) is 28.2 Å². The van der Waals surface area contributed by atoms with Crippen LogP contribution in [-0.2, 0) is 17.9 Å². The topological polar surface area (TPSA) is 102 Å². The van der Waals surface area contributed by atoms with E-state index < -0.39 is 0 Å². The van der Waals surface area contributed by atoms with Crippen LogP contribution in [0.15, 0.2) is 65.5 Å². The Bertz CT molecular complexity index is 1530. The summed E-state index contributed by atoms with van der Waals surface area (Å²) in [5.41, 5.74) is 2.73. The fourth-order valence-corrected chi connectivity index (χ4v) is 4.15. The van der Waals surface area contributed by atoms with Crippen LogP contribution in [0.5, 0.6) is 5.75 Å². The van der Waals surface area contributed by atoms with Crippen molar-refractivity contribution < 1.29 is 14.3 Å². The van der Waals surface area contributed by atoms with Crippen molar-refractivity contribution in [1.82, 2.24) is 20.2 Å². The monoisotopic (exact) mass is 538 g/mol. The van der Waals surface area contributed by atoms with E-state index in [4.69, 9.17) is 27.9 Å². The van der Waals surface area contributed by atoms with Crippen LogP contribution < -0.4 is 20.9 Å². The number of amides is 2. The van der Waals surface area contributed by atoms with Crippen LogP contribution in [0.25, 0.3) is 22.3 Å². The number of nitrogens with one attached hydrogen (secondary N) is 2. The Morgan fingerprint density at radius 3 is 2.41 bits per heavy atom. The molecule has 0 fully saturated rings. The van der Waals surface area contributed by atoms with Crippen molar-refractivity contribution >= 4 is 46.0 Å². The molecule has 0 atom stereocenters. The lowest BCUT2D eigenvalue weighted by Gasteiger charge is -2.14. The first-order valence-corrected chi connectivity index (χ1v) is 12.2. The van der Waals surface area contributed by atoms with Gasteiger partial charge in [0.1, 0.15) is 11.4 Å². The van der Waals surface area contributed by atoms with Gasteiger partial charge in [0.25, 0.3) is 11.5 Å². The molecule has 2 amide bonds. The zero-order valence-corrected chi connectivity index (χ0v) is 21.7. The van der Waals surface area contributed by atoms with Gasteiger partial charge in [-0.1, -0.05) is 29.3 Å². The molecule has 190 valence electrons. The summed E-state index contributed by atoms with van der Waals surface area (Å²) in [5.74, 6) is 0.149. The average Bonchev–Trinajstić information content (AvgIpc) is 2.89. The quantitative estimate of drug-likeness (QED) is 0.345. The van der Waals surface area contributed by atoms with E-state index in [9.17, 15) is 14.4 Å². The van der Waals surface area contributed by atoms with E-state index >= 15 is 0 Å². The van der Waals surface area contributed by atoms with E-state index in [0.29, 0.717) is 38.0 Å². The molecule has 0 aliphatic heterocycles. The van der Waals surface area contributed by atoms with Crippen LogP contribution in [0.1, 0.15) is 22.8 Å². The number of carbonyl (C=O) groups excluding carboxylic acids is 2. The Balaban J connectivity index is 1.69. The Morgan fingerprint density at radius 1 is 0.973 bits per heavy atom. The molecular formula is C27H24Cl2N4O4. The number of halogens is 2. The third-order valence-electron chi connectivity index (χ3n) is 5.72. The lowest BCUT2D eigenvalue weighted by Crippen LogP contribution is -2.31. The molecule has 0 radical (unpaired) electrons. The van der Waals surface area contributed by atoms with Crippen molar-refractivity contribution in [3.63, 3.8) is 0 Å². The number of ether oxygens (including phenoxy) is 1. The Hall–Kier alpha value is -3.88. The van der Waals surface area contributed by atoms with Crippen molar-refractivity contribution in [3.05, 3.63) is 92.2 Å². The highest BCUT2D eigenvalue weighted by atomic mass is 35.5. The van der Waals surface area contributed by atoms with Crippen molar-refractivity contribution in [2.24, 2.45) is 0 Å². The van der Waals surface area contributed by atoms with Crippen LogP contribution in [0.3, 0.4) is 0 Å². The molecule has 0 saturated heterocycles. The predicted molar refractivity (Wildman–Crippen MR) is 144 cm³/mol. The standard InChI is InChI=1S/C27H24Cl2N4O4/c1-16(34)30-11-12-33-24-10-6-19(26(35)31-15-17-3-9-21(28)22(29)13-17)14-23(24)32-25(27(33)36)18-4-7-20(37-2)8-5-18/h3-10,13-14H,11-12,15H2,1-2H3,(H,30,34)(H,31,35). The second kappa shape index (κ2) is 11.5. The molecule has 3 aromatic carbocycles. The molecule has 37 heavy (non-hydrogen) atoms. The molecule has 10 heteroatoms. The number of hydrogen-bond donors (Lipinski definition) is 2. The second-order valence-electron chi connectivity index (χ2n) is 8.26. The summed E-state index contributed by atoms with van der Waals surface area (Å²) in [6.07, 6.45) is 0. The fourth-order valence-electron chi connectivity index (χ4n) is 3.82. The van der Waals surface area contributed by atoms with E-state index in [-0.39, 0.29) is 42.7 Å². The van der Waals surface area contributed by atoms with Crippen LogP contribution >= 0.6 is 23.2 Å². The summed E-state index contributed by atoms with van der Waals surface area (Å²) in [4.78, 5) is 42.3. The summed E-state index contributed by atoms with van der Waals surface area (Å²) in [5, 5.41) is 6.42. The molecule has 4 rings (SSSR count). The van der Waals surface area contributed by atoms with E-state index in [0.717, 1.165) is 5.56 Å². The number of nitrogens with zero attached hydrogens (tertiary/aromatic N) is 2. The Kier molecular flexibility index (Phi) is 8.11. The van der Waals surface area contributed by atoms with E-state index in [2.05, 4.69) is 15.6 Å². The molecule has 4 aromatic rings. The van der Waals surface area contributed by atoms with Gasteiger partial charge in [0.2, 0.25) is 5.91 Å². The Labute approximate surface area is 223 Å². The lowest BCUT2D eigenvalue weighted by atomic mass is 10.1. The SMILES string of the molecule is COc1ccc(-c2nc3cc(C(=O)NCc4ccc(Cl)c(Cl)c4)ccc3n(CCNC(C)=O)c2=O)cc1. The summed E-state index contributed by atoms with van der Waals surface area (Å²) in [6.45, 7) is 2.18. The summed E-state index contributed by atoms with van der Waals surface area (Å²) < 4.78 is 6.76. The molecule has 1 aromatic heterocycles. The van der Waals surface area contributed by atoms with Gasteiger partial charge in [0, 0.05) is 37.7 Å².